The molecule has 1 amide bonds. The first-order valence-electron chi connectivity index (χ1n) is 5.39. The summed E-state index contributed by atoms with van der Waals surface area (Å²) in [6.07, 6.45) is 0. The Bertz CT molecular complexity index is 433. The predicted molar refractivity (Wildman–Crippen MR) is 64.4 cm³/mol. The highest BCUT2D eigenvalue weighted by Gasteiger charge is 2.21. The van der Waals surface area contributed by atoms with Gasteiger partial charge < -0.3 is 4.84 Å². The summed E-state index contributed by atoms with van der Waals surface area (Å²) in [5, 5.41) is 0. The van der Waals surface area contributed by atoms with Crippen LogP contribution in [0.4, 0.5) is 0 Å². The van der Waals surface area contributed by atoms with Gasteiger partial charge in [0, 0.05) is 12.5 Å². The number of hydrogen-bond acceptors (Lipinski definition) is 3. The van der Waals surface area contributed by atoms with E-state index in [1.165, 1.54) is 6.92 Å². The first-order chi connectivity index (χ1) is 7.82. The fourth-order valence-electron chi connectivity index (χ4n) is 1.51. The van der Waals surface area contributed by atoms with Crippen LogP contribution >= 0.6 is 0 Å². The van der Waals surface area contributed by atoms with Gasteiger partial charge in [0.2, 0.25) is 0 Å². The highest BCUT2D eigenvalue weighted by atomic mass is 16.7. The van der Waals surface area contributed by atoms with E-state index in [9.17, 15) is 9.59 Å². The van der Waals surface area contributed by atoms with Crippen LogP contribution in [0.3, 0.4) is 0 Å². The molecule has 1 N–H and O–H groups in total. The second kappa shape index (κ2) is 4.99. The number of hydrogen-bond donors (Lipinski definition) is 1. The summed E-state index contributed by atoms with van der Waals surface area (Å²) in [4.78, 5) is 26.9. The minimum Gasteiger partial charge on any atom is -0.341 e. The zero-order valence-corrected chi connectivity index (χ0v) is 10.5. The summed E-state index contributed by atoms with van der Waals surface area (Å²) in [5.41, 5.74) is 3.40. The molecule has 0 bridgehead atoms. The van der Waals surface area contributed by atoms with Crippen LogP contribution in [0, 0.1) is 0 Å². The van der Waals surface area contributed by atoms with Crippen molar-refractivity contribution in [1.29, 1.82) is 0 Å². The van der Waals surface area contributed by atoms with Gasteiger partial charge >= 0.3 is 5.97 Å². The zero-order chi connectivity index (χ0) is 13.1. The molecular formula is C13H17NO3. The lowest BCUT2D eigenvalue weighted by Crippen LogP contribution is -2.28. The molecule has 0 aliphatic heterocycles. The molecule has 4 heteroatoms. The van der Waals surface area contributed by atoms with E-state index in [1.807, 2.05) is 32.9 Å². The molecule has 4 nitrogen and oxygen atoms in total. The van der Waals surface area contributed by atoms with E-state index in [1.54, 1.807) is 12.1 Å². The summed E-state index contributed by atoms with van der Waals surface area (Å²) in [7, 11) is 0. The van der Waals surface area contributed by atoms with E-state index < -0.39 is 11.9 Å². The van der Waals surface area contributed by atoms with Crippen molar-refractivity contribution >= 4 is 11.9 Å². The lowest BCUT2D eigenvalue weighted by Gasteiger charge is -2.22. The van der Waals surface area contributed by atoms with Crippen molar-refractivity contribution in [3.05, 3.63) is 35.4 Å². The van der Waals surface area contributed by atoms with Gasteiger partial charge in [0.1, 0.15) is 0 Å². The van der Waals surface area contributed by atoms with Gasteiger partial charge in [-0.25, -0.2) is 0 Å². The van der Waals surface area contributed by atoms with Crippen molar-refractivity contribution < 1.29 is 14.4 Å². The standard InChI is InChI=1S/C13H17NO3/c1-9(15)17-14-12(16)10-7-5-6-8-11(10)13(2,3)4/h5-8H,1-4H3,(H,14,16). The summed E-state index contributed by atoms with van der Waals surface area (Å²) < 4.78 is 0. The number of carbonyl (C=O) groups excluding carboxylic acids is 2. The summed E-state index contributed by atoms with van der Waals surface area (Å²) >= 11 is 0. The van der Waals surface area contributed by atoms with Gasteiger partial charge in [-0.05, 0) is 17.0 Å². The Morgan fingerprint density at radius 3 is 2.29 bits per heavy atom. The van der Waals surface area contributed by atoms with E-state index in [-0.39, 0.29) is 5.41 Å². The first-order valence-corrected chi connectivity index (χ1v) is 5.39. The van der Waals surface area contributed by atoms with Gasteiger partial charge in [-0.2, -0.15) is 5.48 Å². The molecule has 1 rings (SSSR count). The minimum atomic E-state index is -0.549. The Kier molecular flexibility index (Phi) is 3.89. The predicted octanol–water partition coefficient (Wildman–Crippen LogP) is 2.19. The maximum atomic E-state index is 11.8. The molecule has 0 aromatic heterocycles. The van der Waals surface area contributed by atoms with Gasteiger partial charge in [-0.3, -0.25) is 9.59 Å². The monoisotopic (exact) mass is 235 g/mol. The summed E-state index contributed by atoms with van der Waals surface area (Å²) in [6, 6.07) is 7.25. The number of carbonyl (C=O) groups is 2. The van der Waals surface area contributed by atoms with Crippen LogP contribution in [0.25, 0.3) is 0 Å². The molecule has 92 valence electrons. The molecule has 0 saturated heterocycles. The molecule has 0 spiro atoms. The van der Waals surface area contributed by atoms with Crippen LogP contribution in [0.15, 0.2) is 24.3 Å². The average Bonchev–Trinajstić information content (AvgIpc) is 2.24. The smallest absolute Gasteiger partial charge is 0.329 e. The maximum absolute atomic E-state index is 11.8. The van der Waals surface area contributed by atoms with Crippen molar-refractivity contribution in [2.45, 2.75) is 33.1 Å². The molecule has 0 atom stereocenters. The van der Waals surface area contributed by atoms with Gasteiger partial charge in [-0.15, -0.1) is 0 Å². The maximum Gasteiger partial charge on any atom is 0.329 e. The average molecular weight is 235 g/mol. The Balaban J connectivity index is 2.98. The quantitative estimate of drug-likeness (QED) is 0.759. The van der Waals surface area contributed by atoms with Gasteiger partial charge in [-0.1, -0.05) is 39.0 Å². The lowest BCUT2D eigenvalue weighted by molar-refractivity contribution is -0.146. The van der Waals surface area contributed by atoms with E-state index in [2.05, 4.69) is 10.3 Å². The molecule has 1 aromatic rings. The third kappa shape index (κ3) is 3.59. The minimum absolute atomic E-state index is 0.149. The Morgan fingerprint density at radius 2 is 1.76 bits per heavy atom. The number of nitrogens with one attached hydrogen (secondary N) is 1. The molecule has 0 heterocycles. The highest BCUT2D eigenvalue weighted by molar-refractivity contribution is 5.95. The Morgan fingerprint density at radius 1 is 1.18 bits per heavy atom. The molecular weight excluding hydrogens is 218 g/mol. The van der Waals surface area contributed by atoms with Crippen molar-refractivity contribution in [2.24, 2.45) is 0 Å². The normalized spacial score (nSPS) is 10.8. The van der Waals surface area contributed by atoms with Crippen LogP contribution in [-0.4, -0.2) is 11.9 Å². The van der Waals surface area contributed by atoms with Crippen LogP contribution in [0.5, 0.6) is 0 Å². The van der Waals surface area contributed by atoms with Crippen LogP contribution in [0.2, 0.25) is 0 Å². The summed E-state index contributed by atoms with van der Waals surface area (Å²) in [5.74, 6) is -0.961. The Hall–Kier alpha value is -1.84. The highest BCUT2D eigenvalue weighted by Crippen LogP contribution is 2.25. The molecule has 0 fully saturated rings. The van der Waals surface area contributed by atoms with Crippen molar-refractivity contribution in [1.82, 2.24) is 5.48 Å². The SMILES string of the molecule is CC(=O)ONC(=O)c1ccccc1C(C)(C)C. The lowest BCUT2D eigenvalue weighted by atomic mass is 9.83. The van der Waals surface area contributed by atoms with Crippen molar-refractivity contribution in [3.8, 4) is 0 Å². The molecule has 0 aliphatic carbocycles. The van der Waals surface area contributed by atoms with Crippen molar-refractivity contribution in [2.75, 3.05) is 0 Å². The second-order valence-corrected chi connectivity index (χ2v) is 4.82. The third-order valence-electron chi connectivity index (χ3n) is 2.27. The molecule has 0 aliphatic rings. The van der Waals surface area contributed by atoms with Gasteiger partial charge in [0.05, 0.1) is 0 Å². The molecule has 0 saturated carbocycles. The van der Waals surface area contributed by atoms with E-state index >= 15 is 0 Å². The van der Waals surface area contributed by atoms with Gasteiger partial charge in [0.15, 0.2) is 0 Å². The second-order valence-electron chi connectivity index (χ2n) is 4.82. The fraction of sp³-hybridized carbons (Fsp3) is 0.385. The molecule has 1 aromatic carbocycles. The third-order valence-corrected chi connectivity index (χ3v) is 2.27. The molecule has 0 unspecified atom stereocenters. The van der Waals surface area contributed by atoms with E-state index in [4.69, 9.17) is 0 Å². The van der Waals surface area contributed by atoms with Crippen LogP contribution < -0.4 is 5.48 Å². The van der Waals surface area contributed by atoms with E-state index in [0.29, 0.717) is 5.56 Å². The summed E-state index contributed by atoms with van der Waals surface area (Å²) in [6.45, 7) is 7.29. The number of amides is 1. The number of hydroxylamine groups is 1. The van der Waals surface area contributed by atoms with Crippen molar-refractivity contribution in [3.63, 3.8) is 0 Å². The zero-order valence-electron chi connectivity index (χ0n) is 10.5. The molecule has 0 radical (unpaired) electrons. The number of rotatable bonds is 1. The van der Waals surface area contributed by atoms with Gasteiger partial charge in [0.25, 0.3) is 5.91 Å². The topological polar surface area (TPSA) is 55.4 Å². The van der Waals surface area contributed by atoms with Crippen LogP contribution in [-0.2, 0) is 15.0 Å². The van der Waals surface area contributed by atoms with Crippen LogP contribution in [0.1, 0.15) is 43.6 Å². The largest absolute Gasteiger partial charge is 0.341 e. The molecule has 17 heavy (non-hydrogen) atoms. The number of benzene rings is 1. The Labute approximate surface area is 101 Å². The fourth-order valence-corrected chi connectivity index (χ4v) is 1.51. The first kappa shape index (κ1) is 13.2. The van der Waals surface area contributed by atoms with E-state index in [0.717, 1.165) is 5.56 Å².